The number of carbonyl (C=O) groups excluding carboxylic acids is 1. The molecule has 1 amide bonds. The monoisotopic (exact) mass is 473 g/mol. The van der Waals surface area contributed by atoms with Crippen LogP contribution in [0.4, 0.5) is 28.9 Å². The average Bonchev–Trinajstić information content (AvgIpc) is 2.66. The van der Waals surface area contributed by atoms with E-state index in [4.69, 9.17) is 0 Å². The summed E-state index contributed by atoms with van der Waals surface area (Å²) in [6.45, 7) is 4.01. The molecule has 0 unspecified atom stereocenters. The Kier molecular flexibility index (Phi) is 6.48. The lowest BCUT2D eigenvalue weighted by molar-refractivity contribution is 0.101. The molecule has 0 bridgehead atoms. The second kappa shape index (κ2) is 8.71. The number of rotatable bonds is 4. The van der Waals surface area contributed by atoms with E-state index >= 15 is 0 Å². The molecule has 1 atom stereocenters. The molecular weight excluding hydrogens is 454 g/mol. The van der Waals surface area contributed by atoms with Crippen molar-refractivity contribution in [2.45, 2.75) is 19.4 Å². The Balaban J connectivity index is 1.95. The number of nitrogens with one attached hydrogen (secondary N) is 1. The van der Waals surface area contributed by atoms with Crippen LogP contribution in [0.15, 0.2) is 34.8 Å². The van der Waals surface area contributed by atoms with E-state index in [1.54, 1.807) is 0 Å². The largest absolute Gasteiger partial charge is 0.367 e. The van der Waals surface area contributed by atoms with E-state index < -0.39 is 29.5 Å². The van der Waals surface area contributed by atoms with Crippen molar-refractivity contribution in [3.63, 3.8) is 0 Å². The first-order valence-electron chi connectivity index (χ1n) is 9.00. The summed E-state index contributed by atoms with van der Waals surface area (Å²) in [7, 11) is 1.99. The third kappa shape index (κ3) is 4.72. The van der Waals surface area contributed by atoms with E-state index in [0.29, 0.717) is 24.8 Å². The number of alkyl halides is 2. The molecule has 1 aliphatic rings. The highest BCUT2D eigenvalue weighted by Gasteiger charge is 2.25. The molecule has 1 aliphatic heterocycles. The number of hydrogen-bond donors (Lipinski definition) is 1. The second-order valence-electron chi connectivity index (χ2n) is 7.05. The first-order valence-corrected chi connectivity index (χ1v) is 9.80. The summed E-state index contributed by atoms with van der Waals surface area (Å²) in [4.78, 5) is 16.8. The Labute approximate surface area is 174 Å². The van der Waals surface area contributed by atoms with E-state index in [1.165, 1.54) is 12.1 Å². The number of anilines is 2. The van der Waals surface area contributed by atoms with Crippen molar-refractivity contribution >= 4 is 33.2 Å². The zero-order valence-corrected chi connectivity index (χ0v) is 17.4. The number of amides is 1. The quantitative estimate of drug-likeness (QED) is 0.630. The van der Waals surface area contributed by atoms with Gasteiger partial charge in [-0.05, 0) is 54.2 Å². The Bertz CT molecular complexity index is 925. The standard InChI is InChI=1S/C20H20BrF4N3O/c1-11-10-28(6-5-27(11)2)18-9-16(23)15(21)8-17(18)26-20(29)13-4-3-12(22)7-14(13)19(24)25/h3-4,7-9,11,19H,5-6,10H2,1-2H3,(H,26,29)/t11-/m0/s1. The average molecular weight is 474 g/mol. The van der Waals surface area contributed by atoms with Crippen LogP contribution in [-0.2, 0) is 0 Å². The van der Waals surface area contributed by atoms with Gasteiger partial charge in [0.15, 0.2) is 0 Å². The Morgan fingerprint density at radius 3 is 2.59 bits per heavy atom. The predicted molar refractivity (Wildman–Crippen MR) is 108 cm³/mol. The van der Waals surface area contributed by atoms with Gasteiger partial charge in [-0.1, -0.05) is 0 Å². The molecule has 1 fully saturated rings. The van der Waals surface area contributed by atoms with E-state index in [0.717, 1.165) is 18.7 Å². The fourth-order valence-electron chi connectivity index (χ4n) is 3.28. The summed E-state index contributed by atoms with van der Waals surface area (Å²) in [6.07, 6.45) is -3.01. The molecule has 3 rings (SSSR count). The van der Waals surface area contributed by atoms with Gasteiger partial charge in [-0.25, -0.2) is 17.6 Å². The van der Waals surface area contributed by atoms with Crippen LogP contribution in [0.1, 0.15) is 29.3 Å². The first kappa shape index (κ1) is 21.6. The maximum atomic E-state index is 14.2. The van der Waals surface area contributed by atoms with Crippen molar-refractivity contribution in [2.75, 3.05) is 36.9 Å². The number of carbonyl (C=O) groups is 1. The summed E-state index contributed by atoms with van der Waals surface area (Å²) in [5.41, 5.74) is -0.290. The van der Waals surface area contributed by atoms with E-state index in [-0.39, 0.29) is 21.8 Å². The van der Waals surface area contributed by atoms with E-state index in [1.807, 2.05) is 18.9 Å². The molecule has 0 aromatic heterocycles. The van der Waals surface area contributed by atoms with Crippen LogP contribution in [0.5, 0.6) is 0 Å². The zero-order valence-electron chi connectivity index (χ0n) is 15.9. The molecule has 29 heavy (non-hydrogen) atoms. The van der Waals surface area contributed by atoms with Gasteiger partial charge in [0, 0.05) is 42.9 Å². The van der Waals surface area contributed by atoms with Gasteiger partial charge < -0.3 is 15.1 Å². The molecule has 1 saturated heterocycles. The first-order chi connectivity index (χ1) is 13.7. The minimum Gasteiger partial charge on any atom is -0.367 e. The minimum atomic E-state index is -3.01. The van der Waals surface area contributed by atoms with Crippen LogP contribution in [0.25, 0.3) is 0 Å². The molecule has 1 N–H and O–H groups in total. The van der Waals surface area contributed by atoms with Crippen LogP contribution in [-0.4, -0.2) is 43.5 Å². The Hall–Kier alpha value is -2.13. The highest BCUT2D eigenvalue weighted by Crippen LogP contribution is 2.34. The molecule has 2 aromatic carbocycles. The topological polar surface area (TPSA) is 35.6 Å². The molecule has 156 valence electrons. The second-order valence-corrected chi connectivity index (χ2v) is 7.90. The van der Waals surface area contributed by atoms with Crippen molar-refractivity contribution in [1.29, 1.82) is 0 Å². The van der Waals surface area contributed by atoms with Gasteiger partial charge in [0.05, 0.1) is 15.8 Å². The maximum absolute atomic E-state index is 14.2. The van der Waals surface area contributed by atoms with Gasteiger partial charge >= 0.3 is 0 Å². The molecule has 0 aliphatic carbocycles. The van der Waals surface area contributed by atoms with Gasteiger partial charge in [0.1, 0.15) is 11.6 Å². The summed E-state index contributed by atoms with van der Waals surface area (Å²) >= 11 is 3.10. The lowest BCUT2D eigenvalue weighted by atomic mass is 10.1. The van der Waals surface area contributed by atoms with E-state index in [2.05, 4.69) is 26.1 Å². The number of piperazine rings is 1. The fraction of sp³-hybridized carbons (Fsp3) is 0.350. The lowest BCUT2D eigenvalue weighted by Crippen LogP contribution is -2.50. The molecule has 0 radical (unpaired) electrons. The van der Waals surface area contributed by atoms with Gasteiger partial charge in [0.25, 0.3) is 12.3 Å². The highest BCUT2D eigenvalue weighted by atomic mass is 79.9. The Morgan fingerprint density at radius 1 is 1.21 bits per heavy atom. The van der Waals surface area contributed by atoms with Gasteiger partial charge in [-0.3, -0.25) is 4.79 Å². The van der Waals surface area contributed by atoms with Gasteiger partial charge in [-0.15, -0.1) is 0 Å². The number of halogens is 5. The number of nitrogens with zero attached hydrogens (tertiary/aromatic N) is 2. The third-order valence-corrected chi connectivity index (χ3v) is 5.69. The van der Waals surface area contributed by atoms with Crippen LogP contribution >= 0.6 is 15.9 Å². The van der Waals surface area contributed by atoms with Crippen molar-refractivity contribution < 1.29 is 22.4 Å². The van der Waals surface area contributed by atoms with Gasteiger partial charge in [-0.2, -0.15) is 0 Å². The number of hydrogen-bond acceptors (Lipinski definition) is 3. The SMILES string of the molecule is C[C@H]1CN(c2cc(F)c(Br)cc2NC(=O)c2ccc(F)cc2C(F)F)CCN1C. The smallest absolute Gasteiger partial charge is 0.264 e. The maximum Gasteiger partial charge on any atom is 0.264 e. The van der Waals surface area contributed by atoms with E-state index in [9.17, 15) is 22.4 Å². The van der Waals surface area contributed by atoms with Crippen molar-refractivity contribution in [3.05, 3.63) is 57.6 Å². The normalized spacial score (nSPS) is 17.7. The summed E-state index contributed by atoms with van der Waals surface area (Å²) in [5, 5.41) is 2.59. The fourth-order valence-corrected chi connectivity index (χ4v) is 3.62. The predicted octanol–water partition coefficient (Wildman–Crippen LogP) is 5.06. The minimum absolute atomic E-state index is 0.131. The molecule has 1 heterocycles. The lowest BCUT2D eigenvalue weighted by Gasteiger charge is -2.39. The van der Waals surface area contributed by atoms with Crippen molar-refractivity contribution in [3.8, 4) is 0 Å². The molecule has 0 spiro atoms. The van der Waals surface area contributed by atoms with Crippen molar-refractivity contribution in [2.24, 2.45) is 0 Å². The number of likely N-dealkylation sites (N-methyl/N-ethyl adjacent to an activating group) is 1. The number of benzene rings is 2. The van der Waals surface area contributed by atoms with Gasteiger partial charge in [0.2, 0.25) is 0 Å². The third-order valence-electron chi connectivity index (χ3n) is 5.08. The molecule has 9 heteroatoms. The van der Waals surface area contributed by atoms with Crippen LogP contribution in [0.2, 0.25) is 0 Å². The van der Waals surface area contributed by atoms with Crippen LogP contribution < -0.4 is 10.2 Å². The molecule has 0 saturated carbocycles. The summed E-state index contributed by atoms with van der Waals surface area (Å²) < 4.78 is 54.2. The van der Waals surface area contributed by atoms with Crippen LogP contribution in [0.3, 0.4) is 0 Å². The van der Waals surface area contributed by atoms with Crippen molar-refractivity contribution in [1.82, 2.24) is 4.90 Å². The molecule has 2 aromatic rings. The molecule has 4 nitrogen and oxygen atoms in total. The van der Waals surface area contributed by atoms with Crippen LogP contribution in [0, 0.1) is 11.6 Å². The summed E-state index contributed by atoms with van der Waals surface area (Å²) in [6, 6.07) is 5.52. The molecular formula is C20H20BrF4N3O. The Morgan fingerprint density at radius 2 is 1.93 bits per heavy atom. The zero-order chi connectivity index (χ0) is 21.3. The summed E-state index contributed by atoms with van der Waals surface area (Å²) in [5.74, 6) is -2.17. The highest BCUT2D eigenvalue weighted by molar-refractivity contribution is 9.10.